The third-order valence-electron chi connectivity index (χ3n) is 3.42. The number of nitrogens with one attached hydrogen (secondary N) is 2. The van der Waals surface area contributed by atoms with E-state index in [1.807, 2.05) is 53.7 Å². The molecule has 2 amide bonds. The predicted octanol–water partition coefficient (Wildman–Crippen LogP) is 3.31. The van der Waals surface area contributed by atoms with Gasteiger partial charge in [-0.25, -0.2) is 0 Å². The Hall–Kier alpha value is -2.17. The van der Waals surface area contributed by atoms with Crippen molar-refractivity contribution >= 4 is 11.8 Å². The van der Waals surface area contributed by atoms with Crippen molar-refractivity contribution in [2.75, 3.05) is 0 Å². The van der Waals surface area contributed by atoms with Gasteiger partial charge in [0.05, 0.1) is 0 Å². The molecule has 0 atom stereocenters. The Morgan fingerprint density at radius 2 is 1.54 bits per heavy atom. The maximum Gasteiger partial charge on any atom is 0.253 e. The molecule has 2 heterocycles. The van der Waals surface area contributed by atoms with Crippen LogP contribution in [0.4, 0.5) is 0 Å². The molecular formula is C19H30N2O3. The average Bonchev–Trinajstić information content (AvgIpc) is 2.36. The van der Waals surface area contributed by atoms with E-state index in [2.05, 4.69) is 10.3 Å². The molecule has 1 aromatic heterocycles. The number of aromatic nitrogens is 1. The van der Waals surface area contributed by atoms with Crippen LogP contribution in [0.2, 0.25) is 0 Å². The van der Waals surface area contributed by atoms with Gasteiger partial charge in [-0.2, -0.15) is 0 Å². The first-order valence-electron chi connectivity index (χ1n) is 7.66. The van der Waals surface area contributed by atoms with Crippen LogP contribution in [0.15, 0.2) is 34.8 Å². The highest BCUT2D eigenvalue weighted by Gasteiger charge is 2.27. The summed E-state index contributed by atoms with van der Waals surface area (Å²) >= 11 is 0. The van der Waals surface area contributed by atoms with Crippen molar-refractivity contribution < 1.29 is 9.59 Å². The van der Waals surface area contributed by atoms with Gasteiger partial charge in [0.15, 0.2) is 0 Å². The van der Waals surface area contributed by atoms with Crippen molar-refractivity contribution in [1.82, 2.24) is 10.3 Å². The fourth-order valence-corrected chi connectivity index (χ4v) is 2.19. The maximum atomic E-state index is 11.3. The summed E-state index contributed by atoms with van der Waals surface area (Å²) < 4.78 is 0. The molecule has 2 N–H and O–H groups in total. The molecular weight excluding hydrogens is 304 g/mol. The number of H-pyrrole nitrogens is 1. The number of imide groups is 1. The minimum atomic E-state index is -0.251. The number of carbonyl (C=O) groups excluding carboxylic acids is 2. The molecule has 0 unspecified atom stereocenters. The fraction of sp³-hybridized carbons (Fsp3) is 0.526. The lowest BCUT2D eigenvalue weighted by Crippen LogP contribution is -2.38. The van der Waals surface area contributed by atoms with Crippen LogP contribution in [0.25, 0.3) is 0 Å². The minimum Gasteiger partial charge on any atom is -0.329 e. The van der Waals surface area contributed by atoms with E-state index >= 15 is 0 Å². The summed E-state index contributed by atoms with van der Waals surface area (Å²) in [6.07, 6.45) is 3.68. The summed E-state index contributed by atoms with van der Waals surface area (Å²) in [5, 5.41) is 2.29. The fourth-order valence-electron chi connectivity index (χ4n) is 2.19. The van der Waals surface area contributed by atoms with Crippen LogP contribution in [0, 0.1) is 5.41 Å². The second-order valence-electron chi connectivity index (χ2n) is 7.61. The zero-order chi connectivity index (χ0) is 17.8. The molecule has 0 saturated heterocycles. The molecule has 0 radical (unpaired) electrons. The van der Waals surface area contributed by atoms with Crippen LogP contribution in [-0.4, -0.2) is 16.8 Å². The molecule has 1 aliphatic rings. The molecule has 5 heteroatoms. The van der Waals surface area contributed by atoms with Crippen LogP contribution in [-0.2, 0) is 15.0 Å². The second-order valence-corrected chi connectivity index (χ2v) is 7.61. The minimum absolute atomic E-state index is 0. The number of hydrogen-bond donors (Lipinski definition) is 2. The zero-order valence-electron chi connectivity index (χ0n) is 14.7. The van der Waals surface area contributed by atoms with Crippen LogP contribution in [0.3, 0.4) is 0 Å². The molecule has 0 saturated carbocycles. The van der Waals surface area contributed by atoms with Crippen LogP contribution in [0.5, 0.6) is 0 Å². The van der Waals surface area contributed by atoms with Crippen molar-refractivity contribution in [3.8, 4) is 0 Å². The number of hydrogen-bond acceptors (Lipinski definition) is 3. The highest BCUT2D eigenvalue weighted by Crippen LogP contribution is 2.27. The van der Waals surface area contributed by atoms with Gasteiger partial charge in [0.1, 0.15) is 0 Å². The van der Waals surface area contributed by atoms with E-state index in [1.54, 1.807) is 12.3 Å². The third kappa shape index (κ3) is 6.14. The normalized spacial score (nSPS) is 14.7. The van der Waals surface area contributed by atoms with Crippen LogP contribution in [0.1, 0.15) is 61.0 Å². The van der Waals surface area contributed by atoms with E-state index in [1.165, 1.54) is 0 Å². The zero-order valence-corrected chi connectivity index (χ0v) is 14.7. The first kappa shape index (κ1) is 21.8. The average molecular weight is 334 g/mol. The standard InChI is InChI=1S/C9H13NO2.C9H13NO.CH4/c1-9(2,3)6-4-5-7(11)10-8(6)12;1-9(2,3)7-5-4-6-10-8(7)11;/h4H,5H2,1-3H3,(H,10,11,12);4-6H,1-3H3,(H,10,11);1H4. The summed E-state index contributed by atoms with van der Waals surface area (Å²) in [6, 6.07) is 3.71. The molecule has 134 valence electrons. The van der Waals surface area contributed by atoms with Gasteiger partial charge in [0.2, 0.25) is 5.91 Å². The molecule has 1 aromatic rings. The molecule has 0 bridgehead atoms. The van der Waals surface area contributed by atoms with E-state index in [9.17, 15) is 14.4 Å². The van der Waals surface area contributed by atoms with Gasteiger partial charge in [-0.15, -0.1) is 0 Å². The monoisotopic (exact) mass is 334 g/mol. The lowest BCUT2D eigenvalue weighted by molar-refractivity contribution is -0.129. The van der Waals surface area contributed by atoms with E-state index in [0.29, 0.717) is 12.0 Å². The van der Waals surface area contributed by atoms with Crippen molar-refractivity contribution in [3.05, 3.63) is 45.9 Å². The van der Waals surface area contributed by atoms with Crippen molar-refractivity contribution in [2.24, 2.45) is 5.41 Å². The number of rotatable bonds is 0. The molecule has 0 spiro atoms. The molecule has 0 aliphatic carbocycles. The Bertz CT molecular complexity index is 671. The summed E-state index contributed by atoms with van der Waals surface area (Å²) in [5.74, 6) is -0.466. The van der Waals surface area contributed by atoms with Gasteiger partial charge in [0, 0.05) is 23.8 Å². The van der Waals surface area contributed by atoms with Crippen LogP contribution >= 0.6 is 0 Å². The Labute approximate surface area is 144 Å². The first-order chi connectivity index (χ1) is 10.4. The van der Waals surface area contributed by atoms with Crippen molar-refractivity contribution in [2.45, 2.75) is 60.8 Å². The SMILES string of the molecule is C.CC(C)(C)C1=CCC(=O)NC1=O.CC(C)(C)c1ccc[nH]c1=O. The van der Waals surface area contributed by atoms with E-state index < -0.39 is 0 Å². The quantitative estimate of drug-likeness (QED) is 0.714. The molecule has 1 aliphatic heterocycles. The summed E-state index contributed by atoms with van der Waals surface area (Å²) in [4.78, 5) is 35.9. The van der Waals surface area contributed by atoms with E-state index in [4.69, 9.17) is 0 Å². The molecule has 0 fully saturated rings. The number of amides is 2. The lowest BCUT2D eigenvalue weighted by Gasteiger charge is -2.24. The van der Waals surface area contributed by atoms with Crippen molar-refractivity contribution in [3.63, 3.8) is 0 Å². The molecule has 2 rings (SSSR count). The topological polar surface area (TPSA) is 79.0 Å². The van der Waals surface area contributed by atoms with Gasteiger partial charge in [-0.3, -0.25) is 19.7 Å². The van der Waals surface area contributed by atoms with Gasteiger partial charge >= 0.3 is 0 Å². The van der Waals surface area contributed by atoms with Gasteiger partial charge < -0.3 is 4.98 Å². The summed E-state index contributed by atoms with van der Waals surface area (Å²) in [6.45, 7) is 11.9. The predicted molar refractivity (Wildman–Crippen MR) is 97.8 cm³/mol. The first-order valence-corrected chi connectivity index (χ1v) is 7.66. The van der Waals surface area contributed by atoms with Crippen molar-refractivity contribution in [1.29, 1.82) is 0 Å². The second kappa shape index (κ2) is 8.08. The van der Waals surface area contributed by atoms with E-state index in [0.717, 1.165) is 5.56 Å². The Morgan fingerprint density at radius 3 is 1.92 bits per heavy atom. The maximum absolute atomic E-state index is 11.3. The largest absolute Gasteiger partial charge is 0.329 e. The Balaban J connectivity index is 0.000000425. The third-order valence-corrected chi connectivity index (χ3v) is 3.42. The van der Waals surface area contributed by atoms with Gasteiger partial charge in [-0.05, 0) is 16.9 Å². The Morgan fingerprint density at radius 1 is 0.958 bits per heavy atom. The number of pyridine rings is 1. The lowest BCUT2D eigenvalue weighted by atomic mass is 9.84. The van der Waals surface area contributed by atoms with Crippen LogP contribution < -0.4 is 10.9 Å². The Kier molecular flexibility index (Phi) is 7.35. The summed E-state index contributed by atoms with van der Waals surface area (Å²) in [7, 11) is 0. The number of carbonyl (C=O) groups is 2. The molecule has 24 heavy (non-hydrogen) atoms. The van der Waals surface area contributed by atoms with Gasteiger partial charge in [0.25, 0.3) is 11.5 Å². The highest BCUT2D eigenvalue weighted by molar-refractivity contribution is 6.08. The number of aromatic amines is 1. The van der Waals surface area contributed by atoms with Gasteiger partial charge in [-0.1, -0.05) is 61.1 Å². The van der Waals surface area contributed by atoms with E-state index in [-0.39, 0.29) is 35.6 Å². The molecule has 5 nitrogen and oxygen atoms in total. The highest BCUT2D eigenvalue weighted by atomic mass is 16.2. The smallest absolute Gasteiger partial charge is 0.253 e. The molecule has 0 aromatic carbocycles. The summed E-state index contributed by atoms with van der Waals surface area (Å²) in [5.41, 5.74) is 1.31.